The number of anilines is 3. The van der Waals surface area contributed by atoms with E-state index in [-0.39, 0.29) is 18.6 Å². The topological polar surface area (TPSA) is 101 Å². The van der Waals surface area contributed by atoms with Crippen LogP contribution < -0.4 is 10.6 Å². The Morgan fingerprint density at radius 1 is 1.27 bits per heavy atom. The van der Waals surface area contributed by atoms with Crippen LogP contribution in [0.3, 0.4) is 0 Å². The molecule has 0 aliphatic heterocycles. The largest absolute Gasteiger partial charge is 0.394 e. The van der Waals surface area contributed by atoms with Crippen LogP contribution in [0.25, 0.3) is 11.2 Å². The molecule has 3 N–H and O–H groups in total. The average Bonchev–Trinajstić information content (AvgIpc) is 3.02. The summed E-state index contributed by atoms with van der Waals surface area (Å²) < 4.78 is 1.70. The molecule has 0 aliphatic rings. The van der Waals surface area contributed by atoms with E-state index in [1.54, 1.807) is 16.8 Å². The summed E-state index contributed by atoms with van der Waals surface area (Å²) in [5.41, 5.74) is 1.98. The molecule has 0 spiro atoms. The van der Waals surface area contributed by atoms with Gasteiger partial charge in [0, 0.05) is 17.3 Å². The van der Waals surface area contributed by atoms with Gasteiger partial charge in [0.15, 0.2) is 17.0 Å². The van der Waals surface area contributed by atoms with Crippen LogP contribution in [-0.2, 0) is 6.54 Å². The third kappa shape index (κ3) is 3.86. The van der Waals surface area contributed by atoms with Gasteiger partial charge in [-0.1, -0.05) is 36.7 Å². The van der Waals surface area contributed by atoms with Crippen molar-refractivity contribution in [2.45, 2.75) is 33.4 Å². The van der Waals surface area contributed by atoms with E-state index in [0.29, 0.717) is 34.5 Å². The molecule has 0 unspecified atom stereocenters. The van der Waals surface area contributed by atoms with Crippen LogP contribution in [0.15, 0.2) is 24.3 Å². The highest BCUT2D eigenvalue weighted by Gasteiger charge is 2.18. The number of hydrogen-bond acceptors (Lipinski definition) is 7. The van der Waals surface area contributed by atoms with Crippen molar-refractivity contribution in [1.82, 2.24) is 25.0 Å². The molecular weight excluding hydrogens is 354 g/mol. The van der Waals surface area contributed by atoms with Crippen LogP contribution >= 0.6 is 11.6 Å². The Kier molecular flexibility index (Phi) is 5.53. The van der Waals surface area contributed by atoms with Gasteiger partial charge in [-0.15, -0.1) is 5.10 Å². The lowest BCUT2D eigenvalue weighted by Crippen LogP contribution is -2.30. The molecule has 1 aromatic carbocycles. The molecule has 0 saturated heterocycles. The number of fused-ring (bicyclic) bond motifs is 1. The summed E-state index contributed by atoms with van der Waals surface area (Å²) in [7, 11) is 0. The van der Waals surface area contributed by atoms with Gasteiger partial charge in [-0.2, -0.15) is 9.97 Å². The van der Waals surface area contributed by atoms with E-state index in [4.69, 9.17) is 11.6 Å². The summed E-state index contributed by atoms with van der Waals surface area (Å²) in [5.74, 6) is 1.16. The van der Waals surface area contributed by atoms with Gasteiger partial charge in [-0.3, -0.25) is 0 Å². The highest BCUT2D eigenvalue weighted by atomic mass is 35.5. The first-order valence-corrected chi connectivity index (χ1v) is 8.90. The smallest absolute Gasteiger partial charge is 0.227 e. The summed E-state index contributed by atoms with van der Waals surface area (Å²) in [6.45, 7) is 6.64. The quantitative estimate of drug-likeness (QED) is 0.583. The molecule has 0 saturated carbocycles. The van der Waals surface area contributed by atoms with E-state index >= 15 is 0 Å². The number of nitrogens with one attached hydrogen (secondary N) is 2. The summed E-state index contributed by atoms with van der Waals surface area (Å²) in [4.78, 5) is 9.07. The molecule has 0 fully saturated rings. The van der Waals surface area contributed by atoms with Crippen molar-refractivity contribution < 1.29 is 5.11 Å². The van der Waals surface area contributed by atoms with Crippen molar-refractivity contribution in [2.24, 2.45) is 5.92 Å². The first kappa shape index (κ1) is 18.3. The van der Waals surface area contributed by atoms with Crippen molar-refractivity contribution in [3.8, 4) is 0 Å². The molecule has 3 rings (SSSR count). The maximum atomic E-state index is 9.59. The highest BCUT2D eigenvalue weighted by Crippen LogP contribution is 2.25. The second-order valence-electron chi connectivity index (χ2n) is 6.29. The predicted octanol–water partition coefficient (Wildman–Crippen LogP) is 3.07. The maximum Gasteiger partial charge on any atom is 0.227 e. The van der Waals surface area contributed by atoms with Crippen LogP contribution in [0.5, 0.6) is 0 Å². The zero-order valence-electron chi connectivity index (χ0n) is 14.9. The summed E-state index contributed by atoms with van der Waals surface area (Å²) >= 11 is 6.06. The minimum Gasteiger partial charge on any atom is -0.394 e. The number of benzene rings is 1. The van der Waals surface area contributed by atoms with E-state index in [1.807, 2.05) is 32.9 Å². The predicted molar refractivity (Wildman–Crippen MR) is 103 cm³/mol. The highest BCUT2D eigenvalue weighted by molar-refractivity contribution is 6.30. The third-order valence-electron chi connectivity index (χ3n) is 4.07. The summed E-state index contributed by atoms with van der Waals surface area (Å²) in [6, 6.07) is 7.19. The molecule has 0 aliphatic carbocycles. The molecule has 26 heavy (non-hydrogen) atoms. The van der Waals surface area contributed by atoms with Crippen molar-refractivity contribution >= 4 is 40.2 Å². The zero-order chi connectivity index (χ0) is 18.7. The SMILES string of the molecule is CCn1nnc2c(Nc3cccc(Cl)c3)nc(N[C@@H](CO)C(C)C)nc21. The number of aryl methyl sites for hydroxylation is 1. The Bertz CT molecular complexity index is 896. The van der Waals surface area contributed by atoms with Crippen molar-refractivity contribution in [3.63, 3.8) is 0 Å². The average molecular weight is 376 g/mol. The summed E-state index contributed by atoms with van der Waals surface area (Å²) in [5, 5.41) is 25.0. The van der Waals surface area contributed by atoms with E-state index < -0.39 is 0 Å². The molecule has 1 atom stereocenters. The van der Waals surface area contributed by atoms with Gasteiger partial charge < -0.3 is 15.7 Å². The number of aromatic nitrogens is 5. The minimum absolute atomic E-state index is 0.0125. The maximum absolute atomic E-state index is 9.59. The first-order valence-electron chi connectivity index (χ1n) is 8.53. The number of halogens is 1. The zero-order valence-corrected chi connectivity index (χ0v) is 15.7. The Morgan fingerprint density at radius 2 is 2.08 bits per heavy atom. The van der Waals surface area contributed by atoms with Crippen LogP contribution in [0.4, 0.5) is 17.5 Å². The Morgan fingerprint density at radius 3 is 2.73 bits per heavy atom. The molecule has 9 heteroatoms. The monoisotopic (exact) mass is 375 g/mol. The second kappa shape index (κ2) is 7.84. The Balaban J connectivity index is 2.03. The third-order valence-corrected chi connectivity index (χ3v) is 4.30. The van der Waals surface area contributed by atoms with Gasteiger partial charge in [0.05, 0.1) is 12.6 Å². The van der Waals surface area contributed by atoms with Crippen LogP contribution in [0.2, 0.25) is 5.02 Å². The van der Waals surface area contributed by atoms with Crippen molar-refractivity contribution in [1.29, 1.82) is 0 Å². The molecule has 2 aromatic heterocycles. The normalized spacial score (nSPS) is 12.5. The number of nitrogens with zero attached hydrogens (tertiary/aromatic N) is 5. The number of rotatable bonds is 7. The fraction of sp³-hybridized carbons (Fsp3) is 0.412. The molecule has 3 aromatic rings. The Hall–Kier alpha value is -2.45. The molecule has 138 valence electrons. The van der Waals surface area contributed by atoms with Gasteiger partial charge in [0.1, 0.15) is 0 Å². The van der Waals surface area contributed by atoms with E-state index in [9.17, 15) is 5.11 Å². The lowest BCUT2D eigenvalue weighted by atomic mass is 10.1. The standard InChI is InChI=1S/C17H22ClN7O/c1-4-25-16-14(23-24-25)15(19-12-7-5-6-11(18)8-12)21-17(22-16)20-13(9-26)10(2)3/h5-8,10,13,26H,4,9H2,1-3H3,(H2,19,20,21,22)/t13-/m0/s1. The fourth-order valence-electron chi connectivity index (χ4n) is 2.51. The van der Waals surface area contributed by atoms with E-state index in [0.717, 1.165) is 5.69 Å². The number of aliphatic hydroxyl groups excluding tert-OH is 1. The molecule has 8 nitrogen and oxygen atoms in total. The molecule has 0 amide bonds. The fourth-order valence-corrected chi connectivity index (χ4v) is 2.70. The Labute approximate surface area is 156 Å². The van der Waals surface area contributed by atoms with Crippen LogP contribution in [-0.4, -0.2) is 42.7 Å². The number of aliphatic hydroxyl groups is 1. The van der Waals surface area contributed by atoms with Crippen molar-refractivity contribution in [2.75, 3.05) is 17.2 Å². The molecular formula is C17H22ClN7O. The van der Waals surface area contributed by atoms with Gasteiger partial charge in [-0.25, -0.2) is 4.68 Å². The second-order valence-corrected chi connectivity index (χ2v) is 6.72. The van der Waals surface area contributed by atoms with Gasteiger partial charge in [-0.05, 0) is 31.0 Å². The lowest BCUT2D eigenvalue weighted by molar-refractivity contribution is 0.248. The first-order chi connectivity index (χ1) is 12.5. The minimum atomic E-state index is -0.155. The lowest BCUT2D eigenvalue weighted by Gasteiger charge is -2.20. The van der Waals surface area contributed by atoms with Gasteiger partial charge in [0.25, 0.3) is 0 Å². The van der Waals surface area contributed by atoms with Crippen LogP contribution in [0, 0.1) is 5.92 Å². The van der Waals surface area contributed by atoms with Gasteiger partial charge in [0.2, 0.25) is 5.95 Å². The molecule has 2 heterocycles. The number of hydrogen-bond donors (Lipinski definition) is 3. The van der Waals surface area contributed by atoms with Crippen LogP contribution in [0.1, 0.15) is 20.8 Å². The van der Waals surface area contributed by atoms with Gasteiger partial charge >= 0.3 is 0 Å². The molecule has 0 bridgehead atoms. The summed E-state index contributed by atoms with van der Waals surface area (Å²) in [6.07, 6.45) is 0. The molecule has 0 radical (unpaired) electrons. The van der Waals surface area contributed by atoms with Crippen molar-refractivity contribution in [3.05, 3.63) is 29.3 Å². The van der Waals surface area contributed by atoms with E-state index in [2.05, 4.69) is 30.9 Å². The van der Waals surface area contributed by atoms with E-state index in [1.165, 1.54) is 0 Å².